The zero-order valence-corrected chi connectivity index (χ0v) is 14.1. The Labute approximate surface area is 127 Å². The average molecular weight is 299 g/mol. The first-order chi connectivity index (χ1) is 9.67. The smallest absolute Gasteiger partial charge is 0.309 e. The maximum Gasteiger partial charge on any atom is 0.309 e. The summed E-state index contributed by atoms with van der Waals surface area (Å²) in [6.45, 7) is 9.38. The van der Waals surface area contributed by atoms with Crippen LogP contribution in [0.4, 0.5) is 0 Å². The molecule has 0 saturated heterocycles. The van der Waals surface area contributed by atoms with Gasteiger partial charge in [0, 0.05) is 13.3 Å². The summed E-state index contributed by atoms with van der Waals surface area (Å²) < 4.78 is 4.78. The highest BCUT2D eigenvalue weighted by Crippen LogP contribution is 2.19. The summed E-state index contributed by atoms with van der Waals surface area (Å²) in [5, 5.41) is 2.69. The zero-order chi connectivity index (χ0) is 16.6. The van der Waals surface area contributed by atoms with Gasteiger partial charge < -0.3 is 10.1 Å². The fourth-order valence-corrected chi connectivity index (χ4v) is 2.37. The molecule has 0 aliphatic heterocycles. The maximum absolute atomic E-state index is 12.4. The Balaban J connectivity index is 4.87. The standard InChI is InChI=1S/C16H29NO4/c1-10(2)7-13(16(20)21-6)9-15(19)14(8-11(3)4)17-12(5)18/h10-11,13-14H,7-9H2,1-6H3,(H,17,18)/t13-,14+/m1/s1. The third-order valence-electron chi connectivity index (χ3n) is 3.21. The maximum atomic E-state index is 12.4. The molecule has 1 amide bonds. The quantitative estimate of drug-likeness (QED) is 0.663. The lowest BCUT2D eigenvalue weighted by atomic mass is 9.88. The lowest BCUT2D eigenvalue weighted by molar-refractivity contribution is -0.148. The topological polar surface area (TPSA) is 72.5 Å². The molecule has 0 radical (unpaired) electrons. The highest BCUT2D eigenvalue weighted by atomic mass is 16.5. The number of ketones is 1. The van der Waals surface area contributed by atoms with E-state index in [-0.39, 0.29) is 30.0 Å². The predicted octanol–water partition coefficient (Wildman–Crippen LogP) is 2.33. The van der Waals surface area contributed by atoms with E-state index in [4.69, 9.17) is 4.74 Å². The molecule has 0 aromatic rings. The molecule has 0 bridgehead atoms. The summed E-state index contributed by atoms with van der Waals surface area (Å²) in [4.78, 5) is 35.4. The normalized spacial score (nSPS) is 13.9. The molecule has 0 aliphatic rings. The van der Waals surface area contributed by atoms with Gasteiger partial charge in [0.15, 0.2) is 5.78 Å². The molecule has 5 nitrogen and oxygen atoms in total. The summed E-state index contributed by atoms with van der Waals surface area (Å²) >= 11 is 0. The van der Waals surface area contributed by atoms with Crippen molar-refractivity contribution in [3.63, 3.8) is 0 Å². The van der Waals surface area contributed by atoms with Gasteiger partial charge in [-0.05, 0) is 24.7 Å². The van der Waals surface area contributed by atoms with E-state index in [0.29, 0.717) is 18.8 Å². The molecule has 0 aromatic heterocycles. The summed E-state index contributed by atoms with van der Waals surface area (Å²) in [5.41, 5.74) is 0. The van der Waals surface area contributed by atoms with Crippen molar-refractivity contribution < 1.29 is 19.1 Å². The molecule has 21 heavy (non-hydrogen) atoms. The van der Waals surface area contributed by atoms with E-state index in [1.165, 1.54) is 14.0 Å². The molecule has 0 unspecified atom stereocenters. The Morgan fingerprint density at radius 1 is 1.00 bits per heavy atom. The van der Waals surface area contributed by atoms with E-state index >= 15 is 0 Å². The first-order valence-corrected chi connectivity index (χ1v) is 7.54. The van der Waals surface area contributed by atoms with Crippen LogP contribution in [0.15, 0.2) is 0 Å². The van der Waals surface area contributed by atoms with Crippen LogP contribution >= 0.6 is 0 Å². The molecule has 5 heteroatoms. The van der Waals surface area contributed by atoms with Gasteiger partial charge in [-0.25, -0.2) is 0 Å². The number of hydrogen-bond acceptors (Lipinski definition) is 4. The number of carbonyl (C=O) groups is 3. The number of nitrogens with one attached hydrogen (secondary N) is 1. The minimum atomic E-state index is -0.526. The molecule has 0 saturated carbocycles. The second kappa shape index (κ2) is 9.53. The van der Waals surface area contributed by atoms with Crippen molar-refractivity contribution in [2.45, 2.75) is 59.9 Å². The van der Waals surface area contributed by atoms with Gasteiger partial charge in [-0.1, -0.05) is 27.7 Å². The predicted molar refractivity (Wildman–Crippen MR) is 81.6 cm³/mol. The summed E-state index contributed by atoms with van der Waals surface area (Å²) in [7, 11) is 1.33. The van der Waals surface area contributed by atoms with E-state index < -0.39 is 12.0 Å². The van der Waals surface area contributed by atoms with Gasteiger partial charge >= 0.3 is 5.97 Å². The highest BCUT2D eigenvalue weighted by Gasteiger charge is 2.28. The Morgan fingerprint density at radius 3 is 1.90 bits per heavy atom. The van der Waals surface area contributed by atoms with Gasteiger partial charge in [-0.15, -0.1) is 0 Å². The van der Waals surface area contributed by atoms with Crippen LogP contribution in [0.5, 0.6) is 0 Å². The second-order valence-corrected chi connectivity index (χ2v) is 6.40. The van der Waals surface area contributed by atoms with Gasteiger partial charge in [0.05, 0.1) is 19.1 Å². The Morgan fingerprint density at radius 2 is 1.52 bits per heavy atom. The first-order valence-electron chi connectivity index (χ1n) is 7.54. The van der Waals surface area contributed by atoms with Crippen molar-refractivity contribution in [3.8, 4) is 0 Å². The van der Waals surface area contributed by atoms with Crippen LogP contribution < -0.4 is 5.32 Å². The van der Waals surface area contributed by atoms with E-state index in [2.05, 4.69) is 5.32 Å². The number of ether oxygens (including phenoxy) is 1. The number of rotatable bonds is 9. The van der Waals surface area contributed by atoms with Gasteiger partial charge in [0.2, 0.25) is 5.91 Å². The van der Waals surface area contributed by atoms with Crippen molar-refractivity contribution in [3.05, 3.63) is 0 Å². The highest BCUT2D eigenvalue weighted by molar-refractivity contribution is 5.91. The van der Waals surface area contributed by atoms with Crippen LogP contribution in [0.1, 0.15) is 53.9 Å². The lowest BCUT2D eigenvalue weighted by Crippen LogP contribution is -2.42. The van der Waals surface area contributed by atoms with Crippen molar-refractivity contribution in [2.24, 2.45) is 17.8 Å². The molecule has 122 valence electrons. The molecular weight excluding hydrogens is 270 g/mol. The number of esters is 1. The van der Waals surface area contributed by atoms with E-state index in [9.17, 15) is 14.4 Å². The number of Topliss-reactive ketones (excluding diaryl/α,β-unsaturated/α-hetero) is 1. The van der Waals surface area contributed by atoms with Gasteiger partial charge in [-0.2, -0.15) is 0 Å². The molecule has 2 atom stereocenters. The zero-order valence-electron chi connectivity index (χ0n) is 14.1. The van der Waals surface area contributed by atoms with E-state index in [1.54, 1.807) is 0 Å². The largest absolute Gasteiger partial charge is 0.469 e. The molecule has 0 rings (SSSR count). The SMILES string of the molecule is COC(=O)[C@@H](CC(=O)[C@H](CC(C)C)NC(C)=O)CC(C)C. The number of hydrogen-bond donors (Lipinski definition) is 1. The molecule has 0 spiro atoms. The van der Waals surface area contributed by atoms with E-state index in [0.717, 1.165) is 0 Å². The van der Waals surface area contributed by atoms with Gasteiger partial charge in [-0.3, -0.25) is 14.4 Å². The molecule has 0 fully saturated rings. The Hall–Kier alpha value is -1.39. The fourth-order valence-electron chi connectivity index (χ4n) is 2.37. The van der Waals surface area contributed by atoms with Crippen molar-refractivity contribution in [2.75, 3.05) is 7.11 Å². The van der Waals surface area contributed by atoms with Crippen molar-refractivity contribution in [1.29, 1.82) is 0 Å². The monoisotopic (exact) mass is 299 g/mol. The van der Waals surface area contributed by atoms with Gasteiger partial charge in [0.1, 0.15) is 0 Å². The molecule has 0 aliphatic carbocycles. The van der Waals surface area contributed by atoms with Crippen LogP contribution in [0.2, 0.25) is 0 Å². The van der Waals surface area contributed by atoms with Crippen molar-refractivity contribution >= 4 is 17.7 Å². The van der Waals surface area contributed by atoms with E-state index in [1.807, 2.05) is 27.7 Å². The third-order valence-corrected chi connectivity index (χ3v) is 3.21. The number of amides is 1. The molecule has 1 N–H and O–H groups in total. The first kappa shape index (κ1) is 19.6. The van der Waals surface area contributed by atoms with Crippen LogP contribution in [0, 0.1) is 17.8 Å². The Bertz CT molecular complexity index is 363. The third kappa shape index (κ3) is 8.48. The molecule has 0 heterocycles. The van der Waals surface area contributed by atoms with Gasteiger partial charge in [0.25, 0.3) is 0 Å². The van der Waals surface area contributed by atoms with Crippen molar-refractivity contribution in [1.82, 2.24) is 5.32 Å². The average Bonchev–Trinajstić information content (AvgIpc) is 2.34. The minimum absolute atomic E-state index is 0.102. The minimum Gasteiger partial charge on any atom is -0.469 e. The van der Waals surface area contributed by atoms with Crippen LogP contribution in [0.3, 0.4) is 0 Å². The summed E-state index contributed by atoms with van der Waals surface area (Å²) in [6, 6.07) is -0.526. The molecular formula is C16H29NO4. The van der Waals surface area contributed by atoms with Crippen LogP contribution in [-0.2, 0) is 19.1 Å². The molecule has 0 aromatic carbocycles. The Kier molecular flexibility index (Phi) is 8.90. The summed E-state index contributed by atoms with van der Waals surface area (Å²) in [5.74, 6) is -0.546. The second-order valence-electron chi connectivity index (χ2n) is 6.40. The summed E-state index contributed by atoms with van der Waals surface area (Å²) in [6.07, 6.45) is 1.30. The number of methoxy groups -OCH3 is 1. The fraction of sp³-hybridized carbons (Fsp3) is 0.812. The number of carbonyl (C=O) groups excluding carboxylic acids is 3. The lowest BCUT2D eigenvalue weighted by Gasteiger charge is -2.22. The van der Waals surface area contributed by atoms with Crippen LogP contribution in [0.25, 0.3) is 0 Å². The van der Waals surface area contributed by atoms with Crippen LogP contribution in [-0.4, -0.2) is 30.8 Å².